The lowest BCUT2D eigenvalue weighted by Gasteiger charge is -2.52. The number of fused-ring (bicyclic) bond motifs is 1. The second-order valence-electron chi connectivity index (χ2n) is 5.83. The van der Waals surface area contributed by atoms with Gasteiger partial charge in [-0.25, -0.2) is 0 Å². The van der Waals surface area contributed by atoms with E-state index >= 15 is 0 Å². The zero-order valence-corrected chi connectivity index (χ0v) is 9.18. The largest absolute Gasteiger partial charge is 0.359 e. The zero-order chi connectivity index (χ0) is 9.69. The average Bonchev–Trinajstić information content (AvgIpc) is 2.26. The monoisotopic (exact) mass is 183 g/mol. The summed E-state index contributed by atoms with van der Waals surface area (Å²) in [5.74, 6) is 0. The van der Waals surface area contributed by atoms with Gasteiger partial charge < -0.3 is 4.74 Å². The van der Waals surface area contributed by atoms with Crippen LogP contribution in [0.15, 0.2) is 0 Å². The average molecular weight is 183 g/mol. The summed E-state index contributed by atoms with van der Waals surface area (Å²) < 4.78 is 5.70. The molecular weight excluding hydrogens is 162 g/mol. The lowest BCUT2D eigenvalue weighted by atomic mass is 9.66. The smallest absolute Gasteiger partial charge is 0.116 e. The Bertz CT molecular complexity index is 209. The molecular formula is C11H21NO. The van der Waals surface area contributed by atoms with Crippen LogP contribution in [0, 0.1) is 10.8 Å². The van der Waals surface area contributed by atoms with Crippen molar-refractivity contribution in [3.8, 4) is 0 Å². The van der Waals surface area contributed by atoms with Gasteiger partial charge in [-0.05, 0) is 31.7 Å². The second kappa shape index (κ2) is 2.71. The Labute approximate surface area is 81.0 Å². The molecule has 0 saturated carbocycles. The van der Waals surface area contributed by atoms with E-state index in [1.807, 2.05) is 0 Å². The van der Waals surface area contributed by atoms with E-state index in [9.17, 15) is 0 Å². The lowest BCUT2D eigenvalue weighted by Crippen LogP contribution is -2.60. The molecule has 2 aliphatic heterocycles. The van der Waals surface area contributed by atoms with Crippen LogP contribution in [0.25, 0.3) is 0 Å². The topological polar surface area (TPSA) is 21.3 Å². The van der Waals surface area contributed by atoms with Gasteiger partial charge >= 0.3 is 0 Å². The fourth-order valence-electron chi connectivity index (χ4n) is 2.95. The molecule has 0 aromatic carbocycles. The Morgan fingerprint density at radius 3 is 2.62 bits per heavy atom. The quantitative estimate of drug-likeness (QED) is 0.672. The molecule has 2 rings (SSSR count). The Morgan fingerprint density at radius 2 is 2.15 bits per heavy atom. The maximum Gasteiger partial charge on any atom is 0.116 e. The number of ether oxygens (including phenoxy) is 1. The third-order valence-corrected chi connectivity index (χ3v) is 3.45. The highest BCUT2D eigenvalue weighted by molar-refractivity contribution is 5.05. The van der Waals surface area contributed by atoms with Crippen molar-refractivity contribution in [2.45, 2.75) is 52.9 Å². The molecule has 2 fully saturated rings. The summed E-state index contributed by atoms with van der Waals surface area (Å²) in [6.07, 6.45) is 3.36. The van der Waals surface area contributed by atoms with Crippen LogP contribution in [0.2, 0.25) is 0 Å². The van der Waals surface area contributed by atoms with E-state index in [0.29, 0.717) is 23.2 Å². The zero-order valence-electron chi connectivity index (χ0n) is 9.18. The van der Waals surface area contributed by atoms with Crippen LogP contribution in [-0.4, -0.2) is 18.9 Å². The highest BCUT2D eigenvalue weighted by Gasteiger charge is 2.58. The normalized spacial score (nSPS) is 44.3. The first-order valence-electron chi connectivity index (χ1n) is 5.33. The van der Waals surface area contributed by atoms with Crippen molar-refractivity contribution < 1.29 is 4.74 Å². The van der Waals surface area contributed by atoms with Crippen molar-refractivity contribution in [3.63, 3.8) is 0 Å². The summed E-state index contributed by atoms with van der Waals surface area (Å²) >= 11 is 0. The van der Waals surface area contributed by atoms with Crippen molar-refractivity contribution in [2.75, 3.05) is 6.54 Å². The molecule has 0 radical (unpaired) electrons. The first-order chi connectivity index (χ1) is 5.94. The van der Waals surface area contributed by atoms with Gasteiger partial charge in [-0.1, -0.05) is 20.8 Å². The predicted octanol–water partition coefficient (Wildman–Crippen LogP) is 2.15. The molecule has 0 aromatic heterocycles. The van der Waals surface area contributed by atoms with Gasteiger partial charge in [0.2, 0.25) is 0 Å². The van der Waals surface area contributed by atoms with Crippen LogP contribution in [0.4, 0.5) is 0 Å². The first kappa shape index (κ1) is 9.47. The molecule has 3 unspecified atom stereocenters. The Morgan fingerprint density at radius 1 is 1.46 bits per heavy atom. The highest BCUT2D eigenvalue weighted by atomic mass is 16.5. The maximum atomic E-state index is 5.70. The summed E-state index contributed by atoms with van der Waals surface area (Å²) in [6.45, 7) is 10.3. The number of rotatable bonds is 1. The highest BCUT2D eigenvalue weighted by Crippen LogP contribution is 2.52. The van der Waals surface area contributed by atoms with Crippen molar-refractivity contribution in [1.82, 2.24) is 5.32 Å². The van der Waals surface area contributed by atoms with Gasteiger partial charge in [0.25, 0.3) is 0 Å². The third kappa shape index (κ3) is 1.40. The SMILES string of the molecule is CC1OC2NCCC12CC(C)(C)C. The Hall–Kier alpha value is -0.0800. The summed E-state index contributed by atoms with van der Waals surface area (Å²) in [4.78, 5) is 0. The molecule has 0 aromatic rings. The van der Waals surface area contributed by atoms with Crippen LogP contribution in [0.1, 0.15) is 40.5 Å². The minimum atomic E-state index is 0.349. The molecule has 0 spiro atoms. The van der Waals surface area contributed by atoms with Crippen LogP contribution < -0.4 is 5.32 Å². The third-order valence-electron chi connectivity index (χ3n) is 3.45. The molecule has 0 bridgehead atoms. The molecule has 2 heteroatoms. The van der Waals surface area contributed by atoms with E-state index in [4.69, 9.17) is 4.74 Å². The summed E-state index contributed by atoms with van der Waals surface area (Å²) in [5, 5.41) is 3.43. The van der Waals surface area contributed by atoms with Gasteiger partial charge in [-0.3, -0.25) is 5.32 Å². The van der Waals surface area contributed by atoms with E-state index in [2.05, 4.69) is 33.0 Å². The van der Waals surface area contributed by atoms with Gasteiger partial charge in [0.05, 0.1) is 6.10 Å². The number of hydrogen-bond donors (Lipinski definition) is 1. The number of hydrogen-bond acceptors (Lipinski definition) is 2. The van der Waals surface area contributed by atoms with Gasteiger partial charge in [0.15, 0.2) is 0 Å². The van der Waals surface area contributed by atoms with Gasteiger partial charge in [0, 0.05) is 5.41 Å². The molecule has 2 nitrogen and oxygen atoms in total. The summed E-state index contributed by atoms with van der Waals surface area (Å²) in [5.41, 5.74) is 0.862. The van der Waals surface area contributed by atoms with Crippen molar-refractivity contribution in [3.05, 3.63) is 0 Å². The van der Waals surface area contributed by atoms with Gasteiger partial charge in [-0.2, -0.15) is 0 Å². The minimum absolute atomic E-state index is 0.349. The lowest BCUT2D eigenvalue weighted by molar-refractivity contribution is -0.245. The van der Waals surface area contributed by atoms with Crippen LogP contribution in [0.5, 0.6) is 0 Å². The molecule has 2 saturated heterocycles. The fourth-order valence-corrected chi connectivity index (χ4v) is 2.95. The fraction of sp³-hybridized carbons (Fsp3) is 1.00. The summed E-state index contributed by atoms with van der Waals surface area (Å²) in [7, 11) is 0. The van der Waals surface area contributed by atoms with E-state index in [-0.39, 0.29) is 0 Å². The van der Waals surface area contributed by atoms with Crippen molar-refractivity contribution in [1.29, 1.82) is 0 Å². The van der Waals surface area contributed by atoms with E-state index in [1.165, 1.54) is 12.8 Å². The molecule has 0 amide bonds. The van der Waals surface area contributed by atoms with Crippen LogP contribution in [0.3, 0.4) is 0 Å². The molecule has 1 N–H and O–H groups in total. The number of nitrogens with one attached hydrogen (secondary N) is 1. The Kier molecular flexibility index (Phi) is 1.97. The molecule has 2 heterocycles. The predicted molar refractivity (Wildman–Crippen MR) is 53.5 cm³/mol. The van der Waals surface area contributed by atoms with Gasteiger partial charge in [0.1, 0.15) is 6.23 Å². The van der Waals surface area contributed by atoms with Crippen molar-refractivity contribution >= 4 is 0 Å². The van der Waals surface area contributed by atoms with Crippen LogP contribution in [-0.2, 0) is 4.74 Å². The van der Waals surface area contributed by atoms with E-state index in [0.717, 1.165) is 6.54 Å². The molecule has 76 valence electrons. The first-order valence-corrected chi connectivity index (χ1v) is 5.33. The molecule has 3 atom stereocenters. The maximum absolute atomic E-state index is 5.70. The minimum Gasteiger partial charge on any atom is -0.359 e. The summed E-state index contributed by atoms with van der Waals surface area (Å²) in [6, 6.07) is 0. The Balaban J connectivity index is 2.10. The standard InChI is InChI=1S/C11H21NO/c1-8-11(7-10(2,3)4)5-6-12-9(11)13-8/h8-9,12H,5-7H2,1-4H3. The van der Waals surface area contributed by atoms with Crippen LogP contribution >= 0.6 is 0 Å². The molecule has 0 aliphatic carbocycles. The van der Waals surface area contributed by atoms with Crippen molar-refractivity contribution in [2.24, 2.45) is 10.8 Å². The molecule has 13 heavy (non-hydrogen) atoms. The van der Waals surface area contributed by atoms with E-state index in [1.54, 1.807) is 0 Å². The second-order valence-corrected chi connectivity index (χ2v) is 5.83. The van der Waals surface area contributed by atoms with E-state index < -0.39 is 0 Å². The molecule has 2 aliphatic rings. The van der Waals surface area contributed by atoms with Gasteiger partial charge in [-0.15, -0.1) is 0 Å².